The average molecular weight is 650 g/mol. The summed E-state index contributed by atoms with van der Waals surface area (Å²) in [6.07, 6.45) is 5.09. The molecule has 1 unspecified atom stereocenters. The Bertz CT molecular complexity index is 1020. The van der Waals surface area contributed by atoms with Gasteiger partial charge >= 0.3 is 0 Å². The van der Waals surface area contributed by atoms with Gasteiger partial charge in [0.25, 0.3) is 0 Å². The van der Waals surface area contributed by atoms with Crippen molar-refractivity contribution in [2.45, 2.75) is 109 Å². The molecule has 1 aromatic rings. The molecule has 13 nitrogen and oxygen atoms in total. The molecule has 0 aliphatic rings. The van der Waals surface area contributed by atoms with Crippen molar-refractivity contribution in [1.29, 1.82) is 0 Å². The van der Waals surface area contributed by atoms with Crippen LogP contribution >= 0.6 is 0 Å². The minimum atomic E-state index is -0.896. The molecule has 0 bridgehead atoms. The fourth-order valence-corrected chi connectivity index (χ4v) is 4.64. The minimum absolute atomic E-state index is 0.142. The predicted octanol–water partition coefficient (Wildman–Crippen LogP) is 0.602. The van der Waals surface area contributed by atoms with E-state index in [0.717, 1.165) is 18.4 Å². The zero-order chi connectivity index (χ0) is 34.3. The molecule has 0 heterocycles. The topological polar surface area (TPSA) is 224 Å². The summed E-state index contributed by atoms with van der Waals surface area (Å²) in [6, 6.07) is 5.74. The second kappa shape index (κ2) is 24.0. The highest BCUT2D eigenvalue weighted by Crippen LogP contribution is 2.13. The van der Waals surface area contributed by atoms with Crippen molar-refractivity contribution in [3.05, 3.63) is 29.8 Å². The molecule has 0 aliphatic carbocycles. The SMILES string of the molecule is CC(C)NCC(O)COc1ccc(CC(=O)NCCCC[C@H](NC(=O)[C@H](CCCCN)NC(=O)[C@@H](C)CCCCN)C(N)=O)cc1. The van der Waals surface area contributed by atoms with Crippen LogP contribution in [0.25, 0.3) is 0 Å². The lowest BCUT2D eigenvalue weighted by Gasteiger charge is -2.23. The van der Waals surface area contributed by atoms with Crippen molar-refractivity contribution in [3.8, 4) is 5.75 Å². The van der Waals surface area contributed by atoms with Crippen LogP contribution in [0.4, 0.5) is 0 Å². The number of benzene rings is 1. The molecule has 0 fully saturated rings. The van der Waals surface area contributed by atoms with Gasteiger partial charge in [0.05, 0.1) is 6.42 Å². The Balaban J connectivity index is 2.48. The maximum absolute atomic E-state index is 13.1. The van der Waals surface area contributed by atoms with Gasteiger partial charge in [-0.3, -0.25) is 19.2 Å². The van der Waals surface area contributed by atoms with Gasteiger partial charge in [-0.15, -0.1) is 0 Å². The van der Waals surface area contributed by atoms with Crippen LogP contribution in [0.15, 0.2) is 24.3 Å². The Kier molecular flexibility index (Phi) is 21.3. The zero-order valence-corrected chi connectivity index (χ0v) is 28.0. The second-order valence-electron chi connectivity index (χ2n) is 12.2. The normalized spacial score (nSPS) is 13.8. The van der Waals surface area contributed by atoms with Gasteiger partial charge in [-0.1, -0.05) is 39.3 Å². The molecule has 13 heteroatoms. The van der Waals surface area contributed by atoms with Gasteiger partial charge < -0.3 is 48.3 Å². The van der Waals surface area contributed by atoms with Crippen LogP contribution in [0.3, 0.4) is 0 Å². The molecule has 0 aliphatic heterocycles. The van der Waals surface area contributed by atoms with Gasteiger partial charge in [-0.05, 0) is 82.2 Å². The van der Waals surface area contributed by atoms with Crippen LogP contribution in [-0.2, 0) is 25.6 Å². The Morgan fingerprint density at radius 2 is 1.39 bits per heavy atom. The van der Waals surface area contributed by atoms with Crippen molar-refractivity contribution in [2.24, 2.45) is 23.1 Å². The van der Waals surface area contributed by atoms with Gasteiger partial charge in [0, 0.05) is 25.0 Å². The monoisotopic (exact) mass is 649 g/mol. The molecular formula is C33H59N7O6. The highest BCUT2D eigenvalue weighted by molar-refractivity contribution is 5.91. The van der Waals surface area contributed by atoms with Gasteiger partial charge in [0.2, 0.25) is 23.6 Å². The number of aliphatic hydroxyl groups excluding tert-OH is 1. The van der Waals surface area contributed by atoms with Crippen molar-refractivity contribution in [1.82, 2.24) is 21.3 Å². The third kappa shape index (κ3) is 18.6. The minimum Gasteiger partial charge on any atom is -0.491 e. The number of hydrogen-bond donors (Lipinski definition) is 8. The largest absolute Gasteiger partial charge is 0.491 e. The Labute approximate surface area is 274 Å². The van der Waals surface area contributed by atoms with Gasteiger partial charge in [-0.25, -0.2) is 0 Å². The van der Waals surface area contributed by atoms with Crippen molar-refractivity contribution in [2.75, 3.05) is 32.8 Å². The molecule has 46 heavy (non-hydrogen) atoms. The van der Waals surface area contributed by atoms with E-state index in [1.54, 1.807) is 12.1 Å². The number of carbonyl (C=O) groups excluding carboxylic acids is 4. The van der Waals surface area contributed by atoms with Crippen LogP contribution in [0.5, 0.6) is 5.75 Å². The van der Waals surface area contributed by atoms with Crippen LogP contribution in [0, 0.1) is 5.92 Å². The quantitative estimate of drug-likeness (QED) is 0.0657. The highest BCUT2D eigenvalue weighted by Gasteiger charge is 2.26. The first kappa shape index (κ1) is 40.8. The summed E-state index contributed by atoms with van der Waals surface area (Å²) >= 11 is 0. The molecule has 262 valence electrons. The van der Waals surface area contributed by atoms with E-state index in [2.05, 4.69) is 21.3 Å². The maximum Gasteiger partial charge on any atom is 0.243 e. The van der Waals surface area contributed by atoms with Crippen LogP contribution < -0.4 is 43.2 Å². The van der Waals surface area contributed by atoms with Crippen LogP contribution in [0.1, 0.15) is 84.1 Å². The van der Waals surface area contributed by atoms with E-state index in [0.29, 0.717) is 76.9 Å². The van der Waals surface area contributed by atoms with E-state index in [-0.39, 0.29) is 36.8 Å². The van der Waals surface area contributed by atoms with E-state index in [4.69, 9.17) is 21.9 Å². The molecule has 4 amide bonds. The number of ether oxygens (including phenoxy) is 1. The smallest absolute Gasteiger partial charge is 0.243 e. The average Bonchev–Trinajstić information content (AvgIpc) is 3.02. The van der Waals surface area contributed by atoms with E-state index in [1.807, 2.05) is 32.9 Å². The Hall–Kier alpha value is -3.26. The van der Waals surface area contributed by atoms with Crippen LogP contribution in [-0.4, -0.2) is 85.8 Å². The molecule has 11 N–H and O–H groups in total. The third-order valence-electron chi connectivity index (χ3n) is 7.51. The summed E-state index contributed by atoms with van der Waals surface area (Å²) in [4.78, 5) is 50.4. The molecular weight excluding hydrogens is 590 g/mol. The molecule has 0 saturated heterocycles. The summed E-state index contributed by atoms with van der Waals surface area (Å²) in [5.74, 6) is -1.13. The number of nitrogens with two attached hydrogens (primary N) is 3. The number of hydrogen-bond acceptors (Lipinski definition) is 9. The van der Waals surface area contributed by atoms with E-state index in [9.17, 15) is 24.3 Å². The van der Waals surface area contributed by atoms with Gasteiger partial charge in [0.15, 0.2) is 0 Å². The molecule has 0 spiro atoms. The number of aliphatic hydroxyl groups is 1. The summed E-state index contributed by atoms with van der Waals surface area (Å²) in [7, 11) is 0. The summed E-state index contributed by atoms with van der Waals surface area (Å²) in [6.45, 7) is 7.88. The zero-order valence-electron chi connectivity index (χ0n) is 28.0. The highest BCUT2D eigenvalue weighted by atomic mass is 16.5. The fraction of sp³-hybridized carbons (Fsp3) is 0.697. The van der Waals surface area contributed by atoms with E-state index in [1.165, 1.54) is 0 Å². The summed E-state index contributed by atoms with van der Waals surface area (Å²) in [5.41, 5.74) is 17.5. The standard InChI is InChI=1S/C33H59N7O6/c1-23(2)38-21-26(41)22-46-27-15-13-25(14-16-27)20-30(42)37-19-9-6-11-28(31(36)43)39-33(45)29(12-5-8-18-35)40-32(44)24(3)10-4-7-17-34/h13-16,23-24,26,28-29,38,41H,4-12,17-22,34-35H2,1-3H3,(H2,36,43)(H,37,42)(H,39,45)(H,40,44)/t24-,26?,28-,29-/m0/s1. The second-order valence-corrected chi connectivity index (χ2v) is 12.2. The number of amides is 4. The first-order valence-corrected chi connectivity index (χ1v) is 16.7. The van der Waals surface area contributed by atoms with Gasteiger partial charge in [-0.2, -0.15) is 0 Å². The van der Waals surface area contributed by atoms with E-state index >= 15 is 0 Å². The Morgan fingerprint density at radius 3 is 2.00 bits per heavy atom. The third-order valence-corrected chi connectivity index (χ3v) is 7.51. The predicted molar refractivity (Wildman–Crippen MR) is 180 cm³/mol. The first-order chi connectivity index (χ1) is 22.0. The van der Waals surface area contributed by atoms with Crippen molar-refractivity contribution >= 4 is 23.6 Å². The molecule has 1 aromatic carbocycles. The lowest BCUT2D eigenvalue weighted by atomic mass is 10.0. The van der Waals surface area contributed by atoms with Crippen molar-refractivity contribution in [3.63, 3.8) is 0 Å². The number of unbranched alkanes of at least 4 members (excludes halogenated alkanes) is 3. The molecule has 0 radical (unpaired) electrons. The number of nitrogens with one attached hydrogen (secondary N) is 4. The van der Waals surface area contributed by atoms with Gasteiger partial charge in [0.1, 0.15) is 30.5 Å². The lowest BCUT2D eigenvalue weighted by Crippen LogP contribution is -2.53. The molecule has 0 saturated carbocycles. The number of primary amides is 1. The first-order valence-electron chi connectivity index (χ1n) is 16.7. The van der Waals surface area contributed by atoms with E-state index < -0.39 is 30.0 Å². The summed E-state index contributed by atoms with van der Waals surface area (Å²) < 4.78 is 5.61. The van der Waals surface area contributed by atoms with Crippen molar-refractivity contribution < 1.29 is 29.0 Å². The Morgan fingerprint density at radius 1 is 0.804 bits per heavy atom. The number of rotatable bonds is 26. The van der Waals surface area contributed by atoms with Crippen LogP contribution in [0.2, 0.25) is 0 Å². The number of carbonyl (C=O) groups is 4. The molecule has 1 rings (SSSR count). The fourth-order valence-electron chi connectivity index (χ4n) is 4.64. The summed E-state index contributed by atoms with van der Waals surface area (Å²) in [5, 5.41) is 21.5. The maximum atomic E-state index is 13.1. The lowest BCUT2D eigenvalue weighted by molar-refractivity contribution is -0.132. The molecule has 4 atom stereocenters. The molecule has 0 aromatic heterocycles.